The first-order valence-corrected chi connectivity index (χ1v) is 6.19. The fraction of sp³-hybridized carbons (Fsp3) is 0.857. The van der Waals surface area contributed by atoms with Gasteiger partial charge in [0.05, 0.1) is 6.61 Å². The molecule has 0 radical (unpaired) electrons. The summed E-state index contributed by atoms with van der Waals surface area (Å²) in [6, 6.07) is 0. The van der Waals surface area contributed by atoms with Crippen molar-refractivity contribution in [1.29, 1.82) is 0 Å². The quantitative estimate of drug-likeness (QED) is 0.148. The second kappa shape index (κ2) is 9.97. The predicted molar refractivity (Wildman–Crippen MR) is 62.1 cm³/mol. The zero-order valence-electron chi connectivity index (χ0n) is 11.7. The van der Waals surface area contributed by atoms with E-state index in [0.29, 0.717) is 0 Å². The van der Waals surface area contributed by atoms with Crippen LogP contribution in [0.4, 0.5) is 0 Å². The van der Waals surface area contributed by atoms with Crippen LogP contribution in [0, 0.1) is 0 Å². The van der Waals surface area contributed by atoms with Gasteiger partial charge < -0.3 is 38.2 Å². The van der Waals surface area contributed by atoms with Gasteiger partial charge in [0.1, 0.15) is 31.0 Å². The molecule has 0 aromatic heterocycles. The van der Waals surface area contributed by atoms with Gasteiger partial charge in [-0.15, -0.1) is 0 Å². The van der Waals surface area contributed by atoms with E-state index < -0.39 is 51.2 Å². The van der Waals surface area contributed by atoms with E-state index in [9.17, 15) is 24.7 Å². The first kappa shape index (κ1) is 22.4. The molecule has 0 amide bonds. The number of aliphatic hydroxyl groups excluding tert-OH is 5. The van der Waals surface area contributed by atoms with Gasteiger partial charge in [0, 0.05) is 0 Å². The summed E-state index contributed by atoms with van der Waals surface area (Å²) in [6.07, 6.45) is -8.33. The van der Waals surface area contributed by atoms with E-state index in [0.717, 1.165) is 0 Å². The van der Waals surface area contributed by atoms with Crippen molar-refractivity contribution in [3.05, 3.63) is 0 Å². The van der Waals surface area contributed by atoms with Crippen LogP contribution in [-0.4, -0.2) is 128 Å². The molecule has 0 aromatic rings. The molecule has 10 nitrogen and oxygen atoms in total. The van der Waals surface area contributed by atoms with E-state index in [4.69, 9.17) is 20.0 Å². The van der Waals surface area contributed by atoms with Crippen molar-refractivity contribution < 1.29 is 52.1 Å². The molecule has 4 atom stereocenters. The molecule has 0 rings (SSSR count). The van der Waals surface area contributed by atoms with E-state index in [2.05, 4.69) is 4.52 Å². The number of hydrogen-bond donors (Lipinski definition) is 7. The number of ketones is 1. The molecule has 0 fully saturated rings. The third-order valence-electron chi connectivity index (χ3n) is 1.97. The minimum Gasteiger partial charge on any atom is -1.00 e. The largest absolute Gasteiger partial charge is 2.00 e. The van der Waals surface area contributed by atoms with Crippen LogP contribution in [0.2, 0.25) is 0 Å². The molecule has 0 saturated carbocycles. The second-order valence-electron chi connectivity index (χ2n) is 3.40. The maximum atomic E-state index is 10.8. The van der Waals surface area contributed by atoms with Crippen molar-refractivity contribution in [1.82, 2.24) is 0 Å². The Morgan fingerprint density at radius 2 is 1.63 bits per heavy atom. The Balaban J connectivity index is -0.000000482. The number of Topliss-reactive ketones (excluding diaryl/α,β-unsaturated/α-hetero) is 1. The van der Waals surface area contributed by atoms with Crippen LogP contribution in [0.25, 0.3) is 0 Å². The van der Waals surface area contributed by atoms with Crippen molar-refractivity contribution in [2.24, 2.45) is 0 Å². The molecule has 0 aliphatic carbocycles. The maximum absolute atomic E-state index is 10.8. The van der Waals surface area contributed by atoms with E-state index >= 15 is 0 Å². The average molecular weight is 430 g/mol. The van der Waals surface area contributed by atoms with Crippen molar-refractivity contribution in [3.63, 3.8) is 0 Å². The topological polar surface area (TPSA) is 185 Å². The van der Waals surface area contributed by atoms with Crippen LogP contribution in [-0.2, 0) is 13.9 Å². The van der Waals surface area contributed by atoms with E-state index in [1.165, 1.54) is 0 Å². The molecule has 0 aromatic carbocycles. The van der Waals surface area contributed by atoms with Gasteiger partial charge in [-0.25, -0.2) is 4.57 Å². The fourth-order valence-corrected chi connectivity index (χ4v) is 1.32. The summed E-state index contributed by atoms with van der Waals surface area (Å²) in [5.41, 5.74) is 0. The molecule has 0 spiro atoms. The maximum Gasteiger partial charge on any atom is 2.00 e. The number of hydrogen-bond acceptors (Lipinski definition) is 8. The van der Waals surface area contributed by atoms with Gasteiger partial charge in [0.15, 0.2) is 5.78 Å². The number of rotatable bonds is 8. The normalized spacial score (nSPS) is 18.1. The predicted octanol–water partition coefficient (Wildman–Crippen LogP) is -4.06. The zero-order chi connectivity index (χ0) is 14.5. The third-order valence-corrected chi connectivity index (χ3v) is 2.45. The van der Waals surface area contributed by atoms with Gasteiger partial charge in [0.2, 0.25) is 0 Å². The molecule has 12 heteroatoms. The minimum atomic E-state index is -4.86. The molecule has 0 saturated heterocycles. The van der Waals surface area contributed by atoms with Crippen LogP contribution in [0.5, 0.6) is 0 Å². The Kier molecular flexibility index (Phi) is 11.8. The van der Waals surface area contributed by atoms with E-state index in [1.54, 1.807) is 0 Å². The molecule has 112 valence electrons. The first-order chi connectivity index (χ1) is 8.10. The smallest absolute Gasteiger partial charge is 1.00 e. The number of phosphoric acid groups is 1. The van der Waals surface area contributed by atoms with Crippen LogP contribution in [0.15, 0.2) is 0 Å². The molecule has 7 N–H and O–H groups in total. The van der Waals surface area contributed by atoms with Crippen LogP contribution in [0.3, 0.4) is 0 Å². The van der Waals surface area contributed by atoms with Crippen molar-refractivity contribution in [2.45, 2.75) is 24.4 Å². The summed E-state index contributed by atoms with van der Waals surface area (Å²) < 4.78 is 14.2. The molecule has 0 aliphatic rings. The molecule has 0 bridgehead atoms. The molecular weight excluding hydrogens is 412 g/mol. The number of phosphoric ester groups is 1. The van der Waals surface area contributed by atoms with Gasteiger partial charge in [-0.2, -0.15) is 0 Å². The van der Waals surface area contributed by atoms with Crippen molar-refractivity contribution in [3.8, 4) is 0 Å². The molecule has 0 heterocycles. The number of carbonyl (C=O) groups is 1. The minimum absolute atomic E-state index is 0. The zero-order valence-corrected chi connectivity index (χ0v) is 15.1. The van der Waals surface area contributed by atoms with E-state index in [1.807, 2.05) is 0 Å². The second-order valence-corrected chi connectivity index (χ2v) is 4.64. The average Bonchev–Trinajstić information content (AvgIpc) is 2.31. The van der Waals surface area contributed by atoms with Gasteiger partial charge in [-0.1, -0.05) is 0 Å². The van der Waals surface area contributed by atoms with Gasteiger partial charge in [-0.05, 0) is 0 Å². The third kappa shape index (κ3) is 8.91. The Bertz CT molecular complexity index is 329. The summed E-state index contributed by atoms with van der Waals surface area (Å²) in [6.45, 7) is -2.11. The Morgan fingerprint density at radius 1 is 1.16 bits per heavy atom. The van der Waals surface area contributed by atoms with Gasteiger partial charge in [-0.3, -0.25) is 9.32 Å². The Morgan fingerprint density at radius 3 is 2.00 bits per heavy atom. The van der Waals surface area contributed by atoms with Crippen LogP contribution in [0.1, 0.15) is 2.85 Å². The number of carbonyl (C=O) groups excluding carboxylic acids is 1. The fourth-order valence-electron chi connectivity index (χ4n) is 0.970. The van der Waals surface area contributed by atoms with Crippen LogP contribution >= 0.6 is 7.82 Å². The van der Waals surface area contributed by atoms with Gasteiger partial charge in [0.25, 0.3) is 0 Å². The van der Waals surface area contributed by atoms with Crippen molar-refractivity contribution in [2.75, 3.05) is 13.2 Å². The van der Waals surface area contributed by atoms with Crippen LogP contribution < -0.4 is 0 Å². The van der Waals surface area contributed by atoms with Crippen molar-refractivity contribution >= 4 is 62.5 Å². The standard InChI is InChI=1S/C7H15O10P.Ba.2H/c8-1-3(9)5(11)7(13)6(12)4(10)2-17-18(14,15)16;;;/h4-8,10-13H,1-2H2,(H2,14,15,16);;;/q;+2;2*-1/t4-,5-,6-,7+;;;/m1.../s1. The Labute approximate surface area is 151 Å². The SMILES string of the molecule is O=C(CO)[C@@H](O)[C@H](O)[C@H](O)[C@H](O)COP(=O)(O)O.[Ba+2].[H-].[H-]. The first-order valence-electron chi connectivity index (χ1n) is 4.66. The summed E-state index contributed by atoms with van der Waals surface area (Å²) in [5, 5.41) is 45.2. The number of aliphatic hydroxyl groups is 5. The molecule has 0 aliphatic heterocycles. The van der Waals surface area contributed by atoms with Gasteiger partial charge >= 0.3 is 56.7 Å². The summed E-state index contributed by atoms with van der Waals surface area (Å²) >= 11 is 0. The van der Waals surface area contributed by atoms with E-state index in [-0.39, 0.29) is 51.7 Å². The Hall–Kier alpha value is 1.15. The molecule has 0 unspecified atom stereocenters. The summed E-state index contributed by atoms with van der Waals surface area (Å²) in [4.78, 5) is 27.4. The monoisotopic (exact) mass is 430 g/mol. The molecular formula is C7H17BaO10P. The summed E-state index contributed by atoms with van der Waals surface area (Å²) in [7, 11) is -4.86. The molecule has 19 heavy (non-hydrogen) atoms. The summed E-state index contributed by atoms with van der Waals surface area (Å²) in [5.74, 6) is -1.19.